The summed E-state index contributed by atoms with van der Waals surface area (Å²) in [5, 5.41) is 19.7. The maximum absolute atomic E-state index is 11.8. The summed E-state index contributed by atoms with van der Waals surface area (Å²) in [4.78, 5) is 22.5. The largest absolute Gasteiger partial charge is 0.396 e. The average Bonchev–Trinajstić information content (AvgIpc) is 2.88. The average molecular weight is 293 g/mol. The van der Waals surface area contributed by atoms with Gasteiger partial charge >= 0.3 is 0 Å². The van der Waals surface area contributed by atoms with Crippen LogP contribution in [0.25, 0.3) is 11.2 Å². The van der Waals surface area contributed by atoms with Gasteiger partial charge in [0.1, 0.15) is 0 Å². The van der Waals surface area contributed by atoms with E-state index in [4.69, 9.17) is 5.73 Å². The summed E-state index contributed by atoms with van der Waals surface area (Å²) >= 11 is 0. The van der Waals surface area contributed by atoms with Gasteiger partial charge in [-0.1, -0.05) is 13.8 Å². The van der Waals surface area contributed by atoms with Crippen molar-refractivity contribution in [2.24, 2.45) is 11.3 Å². The Morgan fingerprint density at radius 3 is 2.90 bits per heavy atom. The van der Waals surface area contributed by atoms with Crippen LogP contribution in [-0.2, 0) is 0 Å². The topological polar surface area (TPSA) is 130 Å². The first kappa shape index (κ1) is 14.0. The van der Waals surface area contributed by atoms with Crippen LogP contribution in [0.1, 0.15) is 26.3 Å². The molecule has 3 rings (SSSR count). The molecule has 8 nitrogen and oxygen atoms in total. The molecule has 0 aliphatic heterocycles. The van der Waals surface area contributed by atoms with E-state index in [9.17, 15) is 15.0 Å². The van der Waals surface area contributed by atoms with Crippen molar-refractivity contribution in [3.05, 3.63) is 16.7 Å². The quantitative estimate of drug-likeness (QED) is 0.598. The molecule has 2 aromatic heterocycles. The zero-order valence-corrected chi connectivity index (χ0v) is 11.9. The van der Waals surface area contributed by atoms with Crippen molar-refractivity contribution in [3.8, 4) is 0 Å². The van der Waals surface area contributed by atoms with Crippen LogP contribution in [0.3, 0.4) is 0 Å². The number of imidazole rings is 1. The Balaban J connectivity index is 2.15. The van der Waals surface area contributed by atoms with E-state index in [0.717, 1.165) is 0 Å². The van der Waals surface area contributed by atoms with E-state index in [2.05, 4.69) is 15.0 Å². The molecule has 5 N–H and O–H groups in total. The molecule has 0 amide bonds. The first-order valence-corrected chi connectivity index (χ1v) is 6.87. The summed E-state index contributed by atoms with van der Waals surface area (Å²) in [7, 11) is 0. The predicted octanol–water partition coefficient (Wildman–Crippen LogP) is -0.358. The van der Waals surface area contributed by atoms with Gasteiger partial charge in [-0.25, -0.2) is 4.98 Å². The Bertz CT molecular complexity index is 735. The van der Waals surface area contributed by atoms with E-state index in [-0.39, 0.29) is 41.0 Å². The fourth-order valence-electron chi connectivity index (χ4n) is 3.44. The van der Waals surface area contributed by atoms with E-state index in [0.29, 0.717) is 12.1 Å². The number of aromatic amines is 1. The molecule has 114 valence electrons. The molecule has 0 unspecified atom stereocenters. The smallest absolute Gasteiger partial charge is 0.280 e. The van der Waals surface area contributed by atoms with Crippen LogP contribution in [0.4, 0.5) is 5.95 Å². The van der Waals surface area contributed by atoms with Crippen molar-refractivity contribution >= 4 is 17.1 Å². The van der Waals surface area contributed by atoms with E-state index >= 15 is 0 Å². The number of hydrogen-bond acceptors (Lipinski definition) is 6. The molecule has 0 saturated heterocycles. The lowest BCUT2D eigenvalue weighted by molar-refractivity contribution is 0.0424. The Kier molecular flexibility index (Phi) is 3.03. The first-order chi connectivity index (χ1) is 9.86. The minimum absolute atomic E-state index is 0.0318. The number of nitrogens with one attached hydrogen (secondary N) is 1. The van der Waals surface area contributed by atoms with Crippen LogP contribution in [0.2, 0.25) is 0 Å². The van der Waals surface area contributed by atoms with Gasteiger partial charge in [0, 0.05) is 18.6 Å². The molecule has 1 saturated carbocycles. The molecule has 1 fully saturated rings. The number of aliphatic hydroxyl groups is 2. The number of aromatic nitrogens is 4. The fraction of sp³-hybridized carbons (Fsp3) is 0.615. The van der Waals surface area contributed by atoms with Crippen LogP contribution in [0.5, 0.6) is 0 Å². The van der Waals surface area contributed by atoms with E-state index < -0.39 is 6.10 Å². The molecule has 1 aliphatic carbocycles. The highest BCUT2D eigenvalue weighted by Gasteiger charge is 2.49. The lowest BCUT2D eigenvalue weighted by Gasteiger charge is -2.33. The van der Waals surface area contributed by atoms with Crippen LogP contribution in [0.15, 0.2) is 11.1 Å². The molecule has 2 aromatic rings. The fourth-order valence-corrected chi connectivity index (χ4v) is 3.44. The number of hydrogen-bond donors (Lipinski definition) is 4. The number of rotatable bonds is 2. The number of aliphatic hydroxyl groups excluding tert-OH is 2. The lowest BCUT2D eigenvalue weighted by Crippen LogP contribution is -2.32. The van der Waals surface area contributed by atoms with Crippen molar-refractivity contribution in [3.63, 3.8) is 0 Å². The summed E-state index contributed by atoms with van der Waals surface area (Å²) in [5.41, 5.74) is 5.49. The van der Waals surface area contributed by atoms with Crippen molar-refractivity contribution in [1.29, 1.82) is 0 Å². The third-order valence-electron chi connectivity index (χ3n) is 4.73. The molecule has 3 atom stereocenters. The van der Waals surface area contributed by atoms with Crippen molar-refractivity contribution in [2.45, 2.75) is 32.4 Å². The molecule has 21 heavy (non-hydrogen) atoms. The number of anilines is 1. The van der Waals surface area contributed by atoms with Crippen molar-refractivity contribution < 1.29 is 10.2 Å². The van der Waals surface area contributed by atoms with Crippen LogP contribution >= 0.6 is 0 Å². The second-order valence-electron chi connectivity index (χ2n) is 6.20. The molecular weight excluding hydrogens is 274 g/mol. The zero-order valence-electron chi connectivity index (χ0n) is 11.9. The minimum atomic E-state index is -0.605. The number of nitrogens with two attached hydrogens (primary N) is 1. The molecular formula is C13H19N5O3. The number of fused-ring (bicyclic) bond motifs is 1. The Labute approximate surface area is 120 Å². The SMILES string of the molecule is CC1(C)[C@H](CO)[C@@H](O)C[C@@H]1n1cnc2c(=O)[nH]c(N)nc21. The van der Waals surface area contributed by atoms with Gasteiger partial charge in [-0.15, -0.1) is 0 Å². The predicted molar refractivity (Wildman–Crippen MR) is 76.6 cm³/mol. The zero-order chi connectivity index (χ0) is 15.4. The lowest BCUT2D eigenvalue weighted by atomic mass is 9.79. The minimum Gasteiger partial charge on any atom is -0.396 e. The van der Waals surface area contributed by atoms with Gasteiger partial charge in [0.25, 0.3) is 5.56 Å². The molecule has 8 heteroatoms. The summed E-state index contributed by atoms with van der Waals surface area (Å²) < 4.78 is 1.78. The van der Waals surface area contributed by atoms with Gasteiger partial charge < -0.3 is 20.5 Å². The highest BCUT2D eigenvalue weighted by Crippen LogP contribution is 2.50. The Hall–Kier alpha value is -1.93. The van der Waals surface area contributed by atoms with E-state index in [1.807, 2.05) is 13.8 Å². The van der Waals surface area contributed by atoms with Gasteiger partial charge in [0.2, 0.25) is 5.95 Å². The normalized spacial score (nSPS) is 28.3. The van der Waals surface area contributed by atoms with Gasteiger partial charge in [-0.05, 0) is 11.8 Å². The summed E-state index contributed by atoms with van der Waals surface area (Å²) in [5.74, 6) is -0.205. The van der Waals surface area contributed by atoms with E-state index in [1.165, 1.54) is 0 Å². The maximum Gasteiger partial charge on any atom is 0.280 e. The maximum atomic E-state index is 11.8. The third-order valence-corrected chi connectivity index (χ3v) is 4.73. The Morgan fingerprint density at radius 1 is 1.57 bits per heavy atom. The molecule has 1 aliphatic rings. The summed E-state index contributed by atoms with van der Waals surface area (Å²) in [6.07, 6.45) is 1.41. The number of H-pyrrole nitrogens is 1. The standard InChI is InChI=1S/C13H19N5O3/c1-13(2)6(4-19)7(20)3-8(13)18-5-15-9-10(18)16-12(14)17-11(9)21/h5-8,19-20H,3-4H2,1-2H3,(H3,14,16,17,21)/t6-,7+,8+/m1/s1. The number of nitrogens with zero attached hydrogens (tertiary/aromatic N) is 3. The third kappa shape index (κ3) is 1.94. The van der Waals surface area contributed by atoms with Gasteiger partial charge in [0.15, 0.2) is 11.2 Å². The molecule has 2 heterocycles. The van der Waals surface area contributed by atoms with Crippen LogP contribution < -0.4 is 11.3 Å². The van der Waals surface area contributed by atoms with Crippen LogP contribution in [-0.4, -0.2) is 42.4 Å². The number of nitrogen functional groups attached to an aromatic ring is 1. The van der Waals surface area contributed by atoms with Gasteiger partial charge in [0.05, 0.1) is 12.4 Å². The second kappa shape index (κ2) is 4.54. The Morgan fingerprint density at radius 2 is 2.29 bits per heavy atom. The summed E-state index contributed by atoms with van der Waals surface area (Å²) in [6, 6.07) is -0.122. The molecule has 0 spiro atoms. The van der Waals surface area contributed by atoms with Gasteiger partial charge in [-0.3, -0.25) is 9.78 Å². The van der Waals surface area contributed by atoms with Crippen molar-refractivity contribution in [2.75, 3.05) is 12.3 Å². The molecule has 0 aromatic carbocycles. The molecule has 0 bridgehead atoms. The van der Waals surface area contributed by atoms with Gasteiger partial charge in [-0.2, -0.15) is 4.98 Å². The summed E-state index contributed by atoms with van der Waals surface area (Å²) in [6.45, 7) is 3.88. The highest BCUT2D eigenvalue weighted by atomic mass is 16.3. The monoisotopic (exact) mass is 293 g/mol. The van der Waals surface area contributed by atoms with E-state index in [1.54, 1.807) is 10.9 Å². The molecule has 0 radical (unpaired) electrons. The second-order valence-corrected chi connectivity index (χ2v) is 6.20. The highest BCUT2D eigenvalue weighted by molar-refractivity contribution is 5.70. The van der Waals surface area contributed by atoms with Crippen LogP contribution in [0, 0.1) is 11.3 Å². The first-order valence-electron chi connectivity index (χ1n) is 6.87. The van der Waals surface area contributed by atoms with Crippen molar-refractivity contribution in [1.82, 2.24) is 19.5 Å².